The summed E-state index contributed by atoms with van der Waals surface area (Å²) in [6.45, 7) is 1.43. The first-order valence-electron chi connectivity index (χ1n) is 8.75. The van der Waals surface area contributed by atoms with Gasteiger partial charge >= 0.3 is 6.18 Å². The summed E-state index contributed by atoms with van der Waals surface area (Å²) in [7, 11) is 0. The van der Waals surface area contributed by atoms with Gasteiger partial charge in [0.05, 0.1) is 21.2 Å². The molecule has 0 unspecified atom stereocenters. The molecule has 1 aliphatic rings. The summed E-state index contributed by atoms with van der Waals surface area (Å²) in [6.07, 6.45) is -1.73. The van der Waals surface area contributed by atoms with Gasteiger partial charge in [-0.05, 0) is 43.2 Å². The van der Waals surface area contributed by atoms with Gasteiger partial charge in [-0.25, -0.2) is 9.40 Å². The van der Waals surface area contributed by atoms with Crippen molar-refractivity contribution in [2.24, 2.45) is 0 Å². The van der Waals surface area contributed by atoms with Crippen LogP contribution in [0.5, 0.6) is 11.5 Å². The van der Waals surface area contributed by atoms with Crippen molar-refractivity contribution < 1.29 is 27.1 Å². The van der Waals surface area contributed by atoms with Crippen LogP contribution in [0.3, 0.4) is 0 Å². The zero-order valence-corrected chi connectivity index (χ0v) is 16.5. The average Bonchev–Trinajstić information content (AvgIpc) is 2.65. The van der Waals surface area contributed by atoms with Gasteiger partial charge in [0.1, 0.15) is 5.75 Å². The van der Waals surface area contributed by atoms with Gasteiger partial charge in [-0.2, -0.15) is 13.2 Å². The van der Waals surface area contributed by atoms with Gasteiger partial charge in [0.2, 0.25) is 0 Å². The maximum absolute atomic E-state index is 14.2. The van der Waals surface area contributed by atoms with Crippen LogP contribution in [0.15, 0.2) is 30.3 Å². The molecule has 0 aromatic heterocycles. The number of nitrogens with one attached hydrogen (secondary N) is 1. The lowest BCUT2D eigenvalue weighted by Crippen LogP contribution is -2.45. The van der Waals surface area contributed by atoms with E-state index in [1.807, 2.05) is 0 Å². The summed E-state index contributed by atoms with van der Waals surface area (Å²) < 4.78 is 57.7. The molecule has 10 heteroatoms. The number of nitrogens with zero attached hydrogens (tertiary/aromatic N) is 1. The number of amides is 1. The number of halogens is 6. The molecule has 29 heavy (non-hydrogen) atoms. The molecular formula is C19H16Cl2F4N2O2. The van der Waals surface area contributed by atoms with E-state index in [1.165, 1.54) is 18.2 Å². The zero-order chi connectivity index (χ0) is 21.2. The van der Waals surface area contributed by atoms with Gasteiger partial charge in [0.25, 0.3) is 5.91 Å². The van der Waals surface area contributed by atoms with Crippen molar-refractivity contribution in [2.75, 3.05) is 13.1 Å². The van der Waals surface area contributed by atoms with Crippen LogP contribution in [-0.4, -0.2) is 24.0 Å². The van der Waals surface area contributed by atoms with E-state index in [0.717, 1.165) is 19.3 Å². The number of carbonyl (C=O) groups excluding carboxylic acids is 1. The van der Waals surface area contributed by atoms with Crippen molar-refractivity contribution in [3.8, 4) is 11.5 Å². The Kier molecular flexibility index (Phi) is 6.55. The Hall–Kier alpha value is -2.03. The molecule has 0 aliphatic carbocycles. The summed E-state index contributed by atoms with van der Waals surface area (Å²) in [5.41, 5.74) is 1.59. The number of alkyl halides is 3. The summed E-state index contributed by atoms with van der Waals surface area (Å²) in [4.78, 5) is 12.5. The molecule has 1 amide bonds. The third-order valence-corrected chi connectivity index (χ3v) is 4.95. The topological polar surface area (TPSA) is 41.6 Å². The molecule has 1 N–H and O–H groups in total. The number of hydrogen-bond acceptors (Lipinski definition) is 3. The Morgan fingerprint density at radius 3 is 2.34 bits per heavy atom. The molecule has 156 valence electrons. The predicted octanol–water partition coefficient (Wildman–Crippen LogP) is 6.07. The third kappa shape index (κ3) is 5.32. The fourth-order valence-electron chi connectivity index (χ4n) is 2.89. The van der Waals surface area contributed by atoms with Gasteiger partial charge in [0.15, 0.2) is 11.6 Å². The Morgan fingerprint density at radius 1 is 1.03 bits per heavy atom. The van der Waals surface area contributed by atoms with Gasteiger partial charge in [0, 0.05) is 13.1 Å². The minimum Gasteiger partial charge on any atom is -0.453 e. The van der Waals surface area contributed by atoms with Gasteiger partial charge in [-0.3, -0.25) is 10.2 Å². The minimum absolute atomic E-state index is 0.00115. The molecule has 0 radical (unpaired) electrons. The second-order valence-electron chi connectivity index (χ2n) is 6.50. The van der Waals surface area contributed by atoms with Crippen LogP contribution in [0.1, 0.15) is 35.2 Å². The lowest BCUT2D eigenvalue weighted by molar-refractivity contribution is -0.137. The van der Waals surface area contributed by atoms with E-state index < -0.39 is 34.2 Å². The normalized spacial score (nSPS) is 15.2. The van der Waals surface area contributed by atoms with E-state index >= 15 is 0 Å². The molecule has 0 atom stereocenters. The number of ether oxygens (including phenoxy) is 1. The van der Waals surface area contributed by atoms with Crippen LogP contribution < -0.4 is 10.2 Å². The number of hydrogen-bond donors (Lipinski definition) is 1. The lowest BCUT2D eigenvalue weighted by atomic mass is 10.1. The number of piperidine rings is 1. The first kappa shape index (κ1) is 21.7. The van der Waals surface area contributed by atoms with E-state index in [4.69, 9.17) is 27.9 Å². The molecule has 0 spiro atoms. The number of benzene rings is 2. The zero-order valence-electron chi connectivity index (χ0n) is 15.0. The van der Waals surface area contributed by atoms with Crippen LogP contribution in [0.4, 0.5) is 17.6 Å². The first-order valence-corrected chi connectivity index (χ1v) is 9.50. The summed E-state index contributed by atoms with van der Waals surface area (Å²) >= 11 is 11.9. The van der Waals surface area contributed by atoms with Crippen molar-refractivity contribution in [3.63, 3.8) is 0 Å². The van der Waals surface area contributed by atoms with E-state index in [1.54, 1.807) is 5.01 Å². The Morgan fingerprint density at radius 2 is 1.72 bits per heavy atom. The second-order valence-corrected chi connectivity index (χ2v) is 7.31. The maximum Gasteiger partial charge on any atom is 0.416 e. The number of hydrazine groups is 1. The molecule has 2 aromatic carbocycles. The second kappa shape index (κ2) is 8.77. The Bertz CT molecular complexity index is 893. The SMILES string of the molecule is O=C(NN1CCCCC1)c1cc(Oc2c(F)cc(C(F)(F)F)cc2Cl)ccc1Cl. The van der Waals surface area contributed by atoms with Crippen molar-refractivity contribution in [2.45, 2.75) is 25.4 Å². The Labute approximate surface area is 174 Å². The molecule has 1 fully saturated rings. The highest BCUT2D eigenvalue weighted by Gasteiger charge is 2.32. The molecule has 3 rings (SSSR count). The van der Waals surface area contributed by atoms with Crippen molar-refractivity contribution in [1.82, 2.24) is 10.4 Å². The van der Waals surface area contributed by atoms with E-state index in [0.29, 0.717) is 25.2 Å². The van der Waals surface area contributed by atoms with E-state index in [2.05, 4.69) is 5.43 Å². The average molecular weight is 451 g/mol. The van der Waals surface area contributed by atoms with Crippen LogP contribution in [-0.2, 0) is 6.18 Å². The molecule has 0 saturated carbocycles. The highest BCUT2D eigenvalue weighted by atomic mass is 35.5. The number of carbonyl (C=O) groups is 1. The third-order valence-electron chi connectivity index (χ3n) is 4.34. The van der Waals surface area contributed by atoms with Crippen LogP contribution in [0.2, 0.25) is 10.0 Å². The van der Waals surface area contributed by atoms with Crippen molar-refractivity contribution in [3.05, 3.63) is 57.3 Å². The fraction of sp³-hybridized carbons (Fsp3) is 0.316. The lowest BCUT2D eigenvalue weighted by Gasteiger charge is -2.27. The molecule has 2 aromatic rings. The quantitative estimate of drug-likeness (QED) is 0.574. The van der Waals surface area contributed by atoms with Gasteiger partial charge in [-0.15, -0.1) is 0 Å². The highest BCUT2D eigenvalue weighted by molar-refractivity contribution is 6.34. The first-order chi connectivity index (χ1) is 13.6. The van der Waals surface area contributed by atoms with Crippen molar-refractivity contribution in [1.29, 1.82) is 0 Å². The summed E-state index contributed by atoms with van der Waals surface area (Å²) in [5.74, 6) is -2.33. The summed E-state index contributed by atoms with van der Waals surface area (Å²) in [6, 6.07) is 4.86. The van der Waals surface area contributed by atoms with Crippen LogP contribution in [0.25, 0.3) is 0 Å². The molecule has 4 nitrogen and oxygen atoms in total. The molecule has 0 bridgehead atoms. The van der Waals surface area contributed by atoms with Crippen LogP contribution in [0, 0.1) is 5.82 Å². The Balaban J connectivity index is 1.82. The standard InChI is InChI=1S/C19H16Cl2F4N2O2/c20-14-5-4-12(10-13(14)18(28)26-27-6-2-1-3-7-27)29-17-15(21)8-11(9-16(17)22)19(23,24)25/h4-5,8-10H,1-3,6-7H2,(H,26,28). The van der Waals surface area contributed by atoms with E-state index in [-0.39, 0.29) is 16.3 Å². The minimum atomic E-state index is -4.75. The molecule has 1 heterocycles. The number of rotatable bonds is 4. The predicted molar refractivity (Wildman–Crippen MR) is 101 cm³/mol. The van der Waals surface area contributed by atoms with Crippen LogP contribution >= 0.6 is 23.2 Å². The molecule has 1 aliphatic heterocycles. The molecule has 1 saturated heterocycles. The highest BCUT2D eigenvalue weighted by Crippen LogP contribution is 2.39. The maximum atomic E-state index is 14.2. The largest absolute Gasteiger partial charge is 0.453 e. The van der Waals surface area contributed by atoms with Gasteiger partial charge in [-0.1, -0.05) is 29.6 Å². The van der Waals surface area contributed by atoms with Crippen molar-refractivity contribution >= 4 is 29.1 Å². The monoisotopic (exact) mass is 450 g/mol. The van der Waals surface area contributed by atoms with E-state index in [9.17, 15) is 22.4 Å². The summed E-state index contributed by atoms with van der Waals surface area (Å²) in [5, 5.41) is 1.37. The van der Waals surface area contributed by atoms with Gasteiger partial charge < -0.3 is 4.74 Å². The molecular weight excluding hydrogens is 435 g/mol. The fourth-order valence-corrected chi connectivity index (χ4v) is 3.34. The smallest absolute Gasteiger partial charge is 0.416 e.